The summed E-state index contributed by atoms with van der Waals surface area (Å²) in [7, 11) is 0. The molecule has 0 bridgehead atoms. The lowest BCUT2D eigenvalue weighted by Gasteiger charge is -2.30. The summed E-state index contributed by atoms with van der Waals surface area (Å²) < 4.78 is 5.27. The number of furan rings is 1. The van der Waals surface area contributed by atoms with Crippen molar-refractivity contribution in [3.05, 3.63) is 59.0 Å². The van der Waals surface area contributed by atoms with Gasteiger partial charge in [0.15, 0.2) is 0 Å². The van der Waals surface area contributed by atoms with Crippen molar-refractivity contribution in [1.82, 2.24) is 10.2 Å². The SMILES string of the molecule is Cc1occc1CNC(=O)N(CCCO)[C@@H]1CCc2ccccc21. The quantitative estimate of drug-likeness (QED) is 0.856. The second-order valence-corrected chi connectivity index (χ2v) is 6.18. The van der Waals surface area contributed by atoms with E-state index in [9.17, 15) is 9.90 Å². The minimum Gasteiger partial charge on any atom is -0.469 e. The van der Waals surface area contributed by atoms with Crippen molar-refractivity contribution in [2.45, 2.75) is 38.8 Å². The van der Waals surface area contributed by atoms with Crippen LogP contribution in [-0.2, 0) is 13.0 Å². The van der Waals surface area contributed by atoms with Crippen molar-refractivity contribution >= 4 is 6.03 Å². The van der Waals surface area contributed by atoms with Crippen LogP contribution in [0.3, 0.4) is 0 Å². The van der Waals surface area contributed by atoms with Crippen LogP contribution in [0.4, 0.5) is 4.79 Å². The number of aliphatic hydroxyl groups excluding tert-OH is 1. The molecule has 1 heterocycles. The van der Waals surface area contributed by atoms with Gasteiger partial charge in [-0.25, -0.2) is 4.79 Å². The minimum absolute atomic E-state index is 0.0817. The van der Waals surface area contributed by atoms with Gasteiger partial charge in [0, 0.05) is 25.3 Å². The van der Waals surface area contributed by atoms with Gasteiger partial charge >= 0.3 is 6.03 Å². The molecule has 2 N–H and O–H groups in total. The molecule has 0 fully saturated rings. The molecule has 0 unspecified atom stereocenters. The smallest absolute Gasteiger partial charge is 0.318 e. The third-order valence-corrected chi connectivity index (χ3v) is 4.69. The predicted molar refractivity (Wildman–Crippen MR) is 91.6 cm³/mol. The molecule has 5 heteroatoms. The van der Waals surface area contributed by atoms with Gasteiger partial charge in [-0.2, -0.15) is 0 Å². The fourth-order valence-corrected chi connectivity index (χ4v) is 3.37. The van der Waals surface area contributed by atoms with E-state index in [0.717, 1.165) is 24.2 Å². The van der Waals surface area contributed by atoms with Crippen molar-refractivity contribution in [1.29, 1.82) is 0 Å². The zero-order valence-electron chi connectivity index (χ0n) is 14.0. The van der Waals surface area contributed by atoms with E-state index in [-0.39, 0.29) is 18.7 Å². The van der Waals surface area contributed by atoms with Crippen molar-refractivity contribution in [2.75, 3.05) is 13.2 Å². The van der Waals surface area contributed by atoms with E-state index in [1.807, 2.05) is 30.0 Å². The molecule has 3 rings (SSSR count). The molecule has 0 saturated carbocycles. The van der Waals surface area contributed by atoms with Crippen LogP contribution < -0.4 is 5.32 Å². The molecule has 0 spiro atoms. The van der Waals surface area contributed by atoms with Crippen LogP contribution in [0.2, 0.25) is 0 Å². The summed E-state index contributed by atoms with van der Waals surface area (Å²) in [5.74, 6) is 0.823. The molecular formula is C19H24N2O3. The van der Waals surface area contributed by atoms with Gasteiger partial charge < -0.3 is 19.7 Å². The van der Waals surface area contributed by atoms with Crippen molar-refractivity contribution in [2.24, 2.45) is 0 Å². The third-order valence-electron chi connectivity index (χ3n) is 4.69. The molecule has 0 radical (unpaired) electrons. The maximum atomic E-state index is 12.8. The number of hydrogen-bond acceptors (Lipinski definition) is 3. The van der Waals surface area contributed by atoms with E-state index >= 15 is 0 Å². The van der Waals surface area contributed by atoms with Crippen LogP contribution in [0, 0.1) is 6.92 Å². The van der Waals surface area contributed by atoms with Gasteiger partial charge in [0.2, 0.25) is 0 Å². The van der Waals surface area contributed by atoms with E-state index < -0.39 is 0 Å². The van der Waals surface area contributed by atoms with Gasteiger partial charge in [-0.1, -0.05) is 24.3 Å². The molecule has 2 aromatic rings. The highest BCUT2D eigenvalue weighted by atomic mass is 16.3. The summed E-state index contributed by atoms with van der Waals surface area (Å²) in [6.45, 7) is 2.97. The van der Waals surface area contributed by atoms with Crippen LogP contribution >= 0.6 is 0 Å². The Morgan fingerprint density at radius 1 is 1.38 bits per heavy atom. The highest BCUT2D eigenvalue weighted by molar-refractivity contribution is 5.75. The van der Waals surface area contributed by atoms with E-state index in [2.05, 4.69) is 17.4 Å². The number of carbonyl (C=O) groups is 1. The predicted octanol–water partition coefficient (Wildman–Crippen LogP) is 3.17. The van der Waals surface area contributed by atoms with Gasteiger partial charge in [0.25, 0.3) is 0 Å². The molecule has 5 nitrogen and oxygen atoms in total. The summed E-state index contributed by atoms with van der Waals surface area (Å²) in [5, 5.41) is 12.2. The van der Waals surface area contributed by atoms with Gasteiger partial charge in [-0.3, -0.25) is 0 Å². The fraction of sp³-hybridized carbons (Fsp3) is 0.421. The number of amides is 2. The average molecular weight is 328 g/mol. The van der Waals surface area contributed by atoms with Gasteiger partial charge in [0.05, 0.1) is 12.3 Å². The first kappa shape index (κ1) is 16.6. The average Bonchev–Trinajstić information content (AvgIpc) is 3.20. The number of nitrogens with zero attached hydrogens (tertiary/aromatic N) is 1. The first-order valence-electron chi connectivity index (χ1n) is 8.47. The standard InChI is InChI=1S/C19H24N2O3/c1-14-16(9-12-24-14)13-20-19(23)21(10-4-11-22)18-8-7-15-5-2-3-6-17(15)18/h2-3,5-6,9,12,18,22H,4,7-8,10-11,13H2,1H3,(H,20,23)/t18-/m1/s1. The lowest BCUT2D eigenvalue weighted by atomic mass is 10.1. The number of nitrogens with one attached hydrogen (secondary N) is 1. The zero-order chi connectivity index (χ0) is 16.9. The Hall–Kier alpha value is -2.27. The Bertz CT molecular complexity index is 695. The molecule has 128 valence electrons. The maximum Gasteiger partial charge on any atom is 0.318 e. The first-order valence-corrected chi connectivity index (χ1v) is 8.47. The van der Waals surface area contributed by atoms with Crippen LogP contribution in [0.5, 0.6) is 0 Å². The van der Waals surface area contributed by atoms with E-state index in [0.29, 0.717) is 19.5 Å². The Kier molecular flexibility index (Phi) is 5.20. The molecular weight excluding hydrogens is 304 g/mol. The molecule has 0 saturated heterocycles. The van der Waals surface area contributed by atoms with Gasteiger partial charge in [-0.05, 0) is 43.4 Å². The summed E-state index contributed by atoms with van der Waals surface area (Å²) in [5.41, 5.74) is 3.53. The molecule has 1 aliphatic carbocycles. The fourth-order valence-electron chi connectivity index (χ4n) is 3.37. The molecule has 24 heavy (non-hydrogen) atoms. The topological polar surface area (TPSA) is 65.7 Å². The number of rotatable bonds is 6. The molecule has 2 amide bonds. The highest BCUT2D eigenvalue weighted by Gasteiger charge is 2.30. The summed E-state index contributed by atoms with van der Waals surface area (Å²) in [4.78, 5) is 14.6. The molecule has 0 aliphatic heterocycles. The largest absolute Gasteiger partial charge is 0.469 e. The number of hydrogen-bond donors (Lipinski definition) is 2. The van der Waals surface area contributed by atoms with Gasteiger partial charge in [0.1, 0.15) is 5.76 Å². The first-order chi connectivity index (χ1) is 11.7. The molecule has 1 aromatic heterocycles. The van der Waals surface area contributed by atoms with Crippen LogP contribution in [0.15, 0.2) is 41.0 Å². The molecule has 1 atom stereocenters. The number of benzene rings is 1. The van der Waals surface area contributed by atoms with Crippen LogP contribution in [0.1, 0.15) is 41.3 Å². The zero-order valence-corrected chi connectivity index (χ0v) is 14.0. The van der Waals surface area contributed by atoms with Crippen molar-refractivity contribution in [3.63, 3.8) is 0 Å². The number of urea groups is 1. The van der Waals surface area contributed by atoms with E-state index in [1.54, 1.807) is 6.26 Å². The summed E-state index contributed by atoms with van der Waals surface area (Å²) in [6.07, 6.45) is 4.14. The Balaban J connectivity index is 1.72. The van der Waals surface area contributed by atoms with Crippen molar-refractivity contribution in [3.8, 4) is 0 Å². The molecule has 1 aromatic carbocycles. The Morgan fingerprint density at radius 2 is 2.21 bits per heavy atom. The normalized spacial score (nSPS) is 16.0. The lowest BCUT2D eigenvalue weighted by Crippen LogP contribution is -2.42. The molecule has 1 aliphatic rings. The van der Waals surface area contributed by atoms with Crippen molar-refractivity contribution < 1.29 is 14.3 Å². The van der Waals surface area contributed by atoms with E-state index in [1.165, 1.54) is 11.1 Å². The highest BCUT2D eigenvalue weighted by Crippen LogP contribution is 2.35. The minimum atomic E-state index is -0.0919. The number of fused-ring (bicyclic) bond motifs is 1. The lowest BCUT2D eigenvalue weighted by molar-refractivity contribution is 0.164. The van der Waals surface area contributed by atoms with E-state index in [4.69, 9.17) is 4.42 Å². The number of carbonyl (C=O) groups excluding carboxylic acids is 1. The Morgan fingerprint density at radius 3 is 2.96 bits per heavy atom. The summed E-state index contributed by atoms with van der Waals surface area (Å²) >= 11 is 0. The second kappa shape index (κ2) is 7.53. The monoisotopic (exact) mass is 328 g/mol. The maximum absolute atomic E-state index is 12.8. The van der Waals surface area contributed by atoms with Crippen LogP contribution in [-0.4, -0.2) is 29.2 Å². The van der Waals surface area contributed by atoms with Gasteiger partial charge in [-0.15, -0.1) is 0 Å². The number of aryl methyl sites for hydroxylation is 2. The second-order valence-electron chi connectivity index (χ2n) is 6.18. The number of aliphatic hydroxyl groups is 1. The third kappa shape index (κ3) is 3.46. The Labute approximate surface area is 142 Å². The summed E-state index contributed by atoms with van der Waals surface area (Å²) in [6, 6.07) is 10.2. The van der Waals surface area contributed by atoms with Crippen LogP contribution in [0.25, 0.3) is 0 Å².